The van der Waals surface area contributed by atoms with Crippen LogP contribution in [0.2, 0.25) is 0 Å². The fourth-order valence-corrected chi connectivity index (χ4v) is 3.66. The van der Waals surface area contributed by atoms with Crippen molar-refractivity contribution in [1.82, 2.24) is 20.2 Å². The van der Waals surface area contributed by atoms with Gasteiger partial charge in [0.05, 0.1) is 12.8 Å². The number of thioether (sulfide) groups is 1. The molecule has 9 nitrogen and oxygen atoms in total. The fourth-order valence-electron chi connectivity index (χ4n) is 2.78. The first-order valence-electron chi connectivity index (χ1n) is 8.96. The van der Waals surface area contributed by atoms with Crippen molar-refractivity contribution in [2.75, 3.05) is 31.4 Å². The first kappa shape index (κ1) is 19.1. The summed E-state index contributed by atoms with van der Waals surface area (Å²) < 4.78 is 17.9. The average molecular weight is 413 g/mol. The normalized spacial score (nSPS) is 12.4. The van der Waals surface area contributed by atoms with Crippen molar-refractivity contribution >= 4 is 23.4 Å². The first-order chi connectivity index (χ1) is 14.2. The van der Waals surface area contributed by atoms with E-state index in [9.17, 15) is 4.79 Å². The van der Waals surface area contributed by atoms with E-state index in [-0.39, 0.29) is 5.91 Å². The lowest BCUT2D eigenvalue weighted by Gasteiger charge is -2.18. The molecule has 2 aromatic carbocycles. The van der Waals surface area contributed by atoms with Gasteiger partial charge in [-0.15, -0.1) is 16.9 Å². The summed E-state index contributed by atoms with van der Waals surface area (Å²) in [7, 11) is 1.56. The van der Waals surface area contributed by atoms with Crippen molar-refractivity contribution < 1.29 is 19.0 Å². The zero-order valence-corrected chi connectivity index (χ0v) is 16.5. The van der Waals surface area contributed by atoms with Gasteiger partial charge in [0.2, 0.25) is 5.91 Å². The second-order valence-electron chi connectivity index (χ2n) is 6.13. The third-order valence-corrected chi connectivity index (χ3v) is 5.13. The Balaban J connectivity index is 1.34. The number of amides is 1. The highest BCUT2D eigenvalue weighted by Gasteiger charge is 2.12. The molecule has 1 N–H and O–H groups in total. The van der Waals surface area contributed by atoms with E-state index in [1.807, 2.05) is 18.2 Å². The summed E-state index contributed by atoms with van der Waals surface area (Å²) in [6.45, 7) is 1.12. The third kappa shape index (κ3) is 4.77. The third-order valence-electron chi connectivity index (χ3n) is 4.14. The minimum absolute atomic E-state index is 0.0917. The monoisotopic (exact) mass is 413 g/mol. The van der Waals surface area contributed by atoms with Gasteiger partial charge in [0.1, 0.15) is 25.3 Å². The van der Waals surface area contributed by atoms with Crippen LogP contribution in [-0.4, -0.2) is 52.2 Å². The summed E-state index contributed by atoms with van der Waals surface area (Å²) in [6.07, 6.45) is 1.83. The summed E-state index contributed by atoms with van der Waals surface area (Å²) in [5.41, 5.74) is 1.31. The standard InChI is InChI=1S/C19H19N5O4S/c1-26-15-9-13(8-14(10-15)24-12-20-22-23-24)21-19(25)4-7-29-16-2-3-17-18(11-16)28-6-5-27-17/h2-3,8-12H,4-7H2,1H3,(H,21,25). The summed E-state index contributed by atoms with van der Waals surface area (Å²) in [5.74, 6) is 2.65. The predicted octanol–water partition coefficient (Wildman–Crippen LogP) is 2.56. The molecule has 1 aliphatic heterocycles. The van der Waals surface area contributed by atoms with E-state index in [1.54, 1.807) is 37.1 Å². The number of nitrogens with one attached hydrogen (secondary N) is 1. The number of rotatable bonds is 7. The second kappa shape index (κ2) is 8.82. The minimum Gasteiger partial charge on any atom is -0.497 e. The van der Waals surface area contributed by atoms with Crippen molar-refractivity contribution in [3.8, 4) is 22.9 Å². The van der Waals surface area contributed by atoms with Crippen molar-refractivity contribution in [3.63, 3.8) is 0 Å². The van der Waals surface area contributed by atoms with Crippen LogP contribution >= 0.6 is 11.8 Å². The van der Waals surface area contributed by atoms with Gasteiger partial charge in [0.25, 0.3) is 0 Å². The molecule has 0 atom stereocenters. The number of nitrogens with zero attached hydrogens (tertiary/aromatic N) is 4. The summed E-state index contributed by atoms with van der Waals surface area (Å²) >= 11 is 1.59. The summed E-state index contributed by atoms with van der Waals surface area (Å²) in [4.78, 5) is 13.4. The molecule has 1 aromatic heterocycles. The Morgan fingerprint density at radius 1 is 1.21 bits per heavy atom. The van der Waals surface area contributed by atoms with Gasteiger partial charge in [0.15, 0.2) is 11.5 Å². The molecule has 0 saturated heterocycles. The number of tetrazole rings is 1. The van der Waals surface area contributed by atoms with Crippen LogP contribution in [0.25, 0.3) is 5.69 Å². The lowest BCUT2D eigenvalue weighted by atomic mass is 10.2. The van der Waals surface area contributed by atoms with Crippen LogP contribution in [0.1, 0.15) is 6.42 Å². The van der Waals surface area contributed by atoms with E-state index >= 15 is 0 Å². The topological polar surface area (TPSA) is 100 Å². The number of anilines is 1. The summed E-state index contributed by atoms with van der Waals surface area (Å²) in [6, 6.07) is 11.1. The maximum absolute atomic E-state index is 12.4. The van der Waals surface area contributed by atoms with Crippen LogP contribution in [0.15, 0.2) is 47.6 Å². The molecule has 0 aliphatic carbocycles. The molecule has 150 valence electrons. The van der Waals surface area contributed by atoms with E-state index < -0.39 is 0 Å². The minimum atomic E-state index is -0.0917. The smallest absolute Gasteiger partial charge is 0.225 e. The molecule has 4 rings (SSSR count). The van der Waals surface area contributed by atoms with Gasteiger partial charge in [-0.1, -0.05) is 0 Å². The Kier molecular flexibility index (Phi) is 5.80. The molecule has 3 aromatic rings. The molecule has 0 radical (unpaired) electrons. The number of carbonyl (C=O) groups is 1. The van der Waals surface area contributed by atoms with Crippen LogP contribution in [0.5, 0.6) is 17.2 Å². The lowest BCUT2D eigenvalue weighted by Crippen LogP contribution is -2.15. The highest BCUT2D eigenvalue weighted by molar-refractivity contribution is 7.99. The summed E-state index contributed by atoms with van der Waals surface area (Å²) in [5, 5.41) is 14.0. The Morgan fingerprint density at radius 2 is 2.07 bits per heavy atom. The van der Waals surface area contributed by atoms with Gasteiger partial charge in [-0.2, -0.15) is 0 Å². The molecular weight excluding hydrogens is 394 g/mol. The van der Waals surface area contributed by atoms with Gasteiger partial charge >= 0.3 is 0 Å². The van der Waals surface area contributed by atoms with E-state index in [4.69, 9.17) is 14.2 Å². The molecule has 0 unspecified atom stereocenters. The van der Waals surface area contributed by atoms with Crippen LogP contribution in [0.4, 0.5) is 5.69 Å². The number of hydrogen-bond donors (Lipinski definition) is 1. The van der Waals surface area contributed by atoms with Crippen molar-refractivity contribution in [2.45, 2.75) is 11.3 Å². The molecule has 29 heavy (non-hydrogen) atoms. The molecular formula is C19H19N5O4S. The molecule has 0 saturated carbocycles. The highest BCUT2D eigenvalue weighted by atomic mass is 32.2. The Labute approximate surface area is 171 Å². The lowest BCUT2D eigenvalue weighted by molar-refractivity contribution is -0.115. The van der Waals surface area contributed by atoms with E-state index in [0.717, 1.165) is 16.4 Å². The molecule has 1 amide bonds. The van der Waals surface area contributed by atoms with Gasteiger partial charge in [-0.25, -0.2) is 4.68 Å². The molecule has 0 bridgehead atoms. The van der Waals surface area contributed by atoms with Crippen LogP contribution in [0.3, 0.4) is 0 Å². The number of hydrogen-bond acceptors (Lipinski definition) is 8. The number of fused-ring (bicyclic) bond motifs is 1. The predicted molar refractivity (Wildman–Crippen MR) is 107 cm³/mol. The van der Waals surface area contributed by atoms with E-state index in [0.29, 0.717) is 42.5 Å². The maximum Gasteiger partial charge on any atom is 0.225 e. The largest absolute Gasteiger partial charge is 0.497 e. The maximum atomic E-state index is 12.4. The molecule has 10 heteroatoms. The second-order valence-corrected chi connectivity index (χ2v) is 7.29. The highest BCUT2D eigenvalue weighted by Crippen LogP contribution is 2.34. The van der Waals surface area contributed by atoms with Crippen molar-refractivity contribution in [3.05, 3.63) is 42.7 Å². The quantitative estimate of drug-likeness (QED) is 0.590. The zero-order valence-electron chi connectivity index (χ0n) is 15.7. The average Bonchev–Trinajstić information content (AvgIpc) is 3.28. The Morgan fingerprint density at radius 3 is 2.86 bits per heavy atom. The molecule has 2 heterocycles. The molecule has 1 aliphatic rings. The first-order valence-corrected chi connectivity index (χ1v) is 9.94. The van der Waals surface area contributed by atoms with Crippen LogP contribution in [-0.2, 0) is 4.79 Å². The number of ether oxygens (including phenoxy) is 3. The number of methoxy groups -OCH3 is 1. The van der Waals surface area contributed by atoms with E-state index in [1.165, 1.54) is 11.0 Å². The SMILES string of the molecule is COc1cc(NC(=O)CCSc2ccc3c(c2)OCCO3)cc(-n2cnnn2)c1. The van der Waals surface area contributed by atoms with Crippen molar-refractivity contribution in [1.29, 1.82) is 0 Å². The molecule has 0 fully saturated rings. The Hall–Kier alpha value is -3.27. The van der Waals surface area contributed by atoms with Crippen molar-refractivity contribution in [2.24, 2.45) is 0 Å². The van der Waals surface area contributed by atoms with Gasteiger partial charge in [0, 0.05) is 34.9 Å². The Bertz CT molecular complexity index is 996. The van der Waals surface area contributed by atoms with Crippen LogP contribution < -0.4 is 19.5 Å². The van der Waals surface area contributed by atoms with Crippen LogP contribution in [0, 0.1) is 0 Å². The van der Waals surface area contributed by atoms with Gasteiger partial charge < -0.3 is 19.5 Å². The fraction of sp³-hybridized carbons (Fsp3) is 0.263. The molecule has 0 spiro atoms. The number of carbonyl (C=O) groups excluding carboxylic acids is 1. The van der Waals surface area contributed by atoms with E-state index in [2.05, 4.69) is 20.8 Å². The van der Waals surface area contributed by atoms with Gasteiger partial charge in [-0.3, -0.25) is 4.79 Å². The van der Waals surface area contributed by atoms with Gasteiger partial charge in [-0.05, 0) is 34.7 Å². The number of aromatic nitrogens is 4. The number of benzene rings is 2. The zero-order chi connectivity index (χ0) is 20.1.